The summed E-state index contributed by atoms with van der Waals surface area (Å²) in [5, 5.41) is 3.69. The quantitative estimate of drug-likeness (QED) is 0.454. The summed E-state index contributed by atoms with van der Waals surface area (Å²) in [4.78, 5) is 20.5. The summed E-state index contributed by atoms with van der Waals surface area (Å²) >= 11 is 9.99. The van der Waals surface area contributed by atoms with E-state index in [2.05, 4.69) is 15.3 Å². The number of nitrogens with one attached hydrogen (secondary N) is 1. The van der Waals surface area contributed by atoms with Gasteiger partial charge in [-0.3, -0.25) is 23.6 Å². The van der Waals surface area contributed by atoms with Gasteiger partial charge in [-0.15, -0.1) is 0 Å². The normalized spacial score (nSPS) is 11.7. The number of rotatable bonds is 9. The second-order valence-corrected chi connectivity index (χ2v) is 8.23. The molecule has 0 radical (unpaired) electrons. The summed E-state index contributed by atoms with van der Waals surface area (Å²) in [6.07, 6.45) is 5.85. The molecule has 0 fully saturated rings. The fourth-order valence-electron chi connectivity index (χ4n) is 2.91. The second-order valence-electron chi connectivity index (χ2n) is 6.55. The van der Waals surface area contributed by atoms with Crippen LogP contribution in [0.25, 0.3) is 0 Å². The van der Waals surface area contributed by atoms with Gasteiger partial charge in [0.1, 0.15) is 0 Å². The summed E-state index contributed by atoms with van der Waals surface area (Å²) in [5.41, 5.74) is 2.53. The van der Waals surface area contributed by atoms with Crippen LogP contribution in [-0.2, 0) is 24.1 Å². The van der Waals surface area contributed by atoms with Gasteiger partial charge in [0.25, 0.3) is 17.2 Å². The van der Waals surface area contributed by atoms with Crippen LogP contribution in [0.5, 0.6) is 0 Å². The third-order valence-electron chi connectivity index (χ3n) is 4.51. The lowest BCUT2D eigenvalue weighted by molar-refractivity contribution is 0.0954. The molecule has 1 heterocycles. The predicted molar refractivity (Wildman–Crippen MR) is 123 cm³/mol. The Morgan fingerprint density at radius 2 is 1.87 bits per heavy atom. The van der Waals surface area contributed by atoms with Crippen molar-refractivity contribution in [2.45, 2.75) is 12.8 Å². The number of halogens is 2. The molecule has 1 atom stereocenters. The molecule has 31 heavy (non-hydrogen) atoms. The van der Waals surface area contributed by atoms with E-state index in [0.29, 0.717) is 40.7 Å². The van der Waals surface area contributed by atoms with E-state index >= 15 is 0 Å². The first-order chi connectivity index (χ1) is 15.0. The number of hydrogen-bond acceptors (Lipinski definition) is 4. The van der Waals surface area contributed by atoms with E-state index < -0.39 is 11.3 Å². The highest BCUT2D eigenvalue weighted by molar-refractivity contribution is 7.80. The zero-order valence-corrected chi connectivity index (χ0v) is 18.7. The Bertz CT molecular complexity index is 1050. The highest BCUT2D eigenvalue weighted by Crippen LogP contribution is 2.26. The number of nitrogens with zero attached hydrogens (tertiary/aromatic N) is 3. The average Bonchev–Trinajstić information content (AvgIpc) is 2.77. The Hall–Kier alpha value is -2.52. The molecule has 3 rings (SSSR count). The van der Waals surface area contributed by atoms with Gasteiger partial charge in [-0.05, 0) is 42.3 Å². The van der Waals surface area contributed by atoms with Crippen LogP contribution in [0.2, 0.25) is 10.0 Å². The Morgan fingerprint density at radius 3 is 2.55 bits per heavy atom. The zero-order valence-electron chi connectivity index (χ0n) is 16.4. The molecule has 0 aliphatic rings. The zero-order chi connectivity index (χ0) is 22.2. The lowest BCUT2D eigenvalue weighted by Crippen LogP contribution is -2.28. The summed E-state index contributed by atoms with van der Waals surface area (Å²) in [6.45, 7) is 0.666. The fraction of sp³-hybridized carbons (Fsp3) is 0.190. The number of benzene rings is 2. The standard InChI is InChI=1S/C21H20Cl2N4O3S/c22-19-3-1-2-15(20(19)23)9-13-27(31(29)30)18-6-4-16(5-7-18)21(28)26-10-8-17-14-24-11-12-25-17/h1-7,11-12,14H,8-10,13H2,(H,26,28)(H,29,30). The Kier molecular flexibility index (Phi) is 8.36. The Labute approximate surface area is 192 Å². The summed E-state index contributed by atoms with van der Waals surface area (Å²) < 4.78 is 22.9. The number of amides is 1. The highest BCUT2D eigenvalue weighted by Gasteiger charge is 2.15. The maximum Gasteiger partial charge on any atom is 0.261 e. The predicted octanol–water partition coefficient (Wildman–Crippen LogP) is 3.94. The SMILES string of the molecule is O=C(NCCc1cnccn1)c1ccc(N(CCc2cccc(Cl)c2Cl)S(=O)O)cc1. The van der Waals surface area contributed by atoms with Gasteiger partial charge in [0.2, 0.25) is 0 Å². The lowest BCUT2D eigenvalue weighted by Gasteiger charge is -2.20. The molecule has 0 bridgehead atoms. The Morgan fingerprint density at radius 1 is 1.10 bits per heavy atom. The highest BCUT2D eigenvalue weighted by atomic mass is 35.5. The van der Waals surface area contributed by atoms with Gasteiger partial charge in [-0.25, -0.2) is 4.21 Å². The number of carbonyl (C=O) groups is 1. The maximum atomic E-state index is 12.3. The van der Waals surface area contributed by atoms with E-state index in [4.69, 9.17) is 23.2 Å². The molecule has 0 aliphatic heterocycles. The van der Waals surface area contributed by atoms with Crippen molar-refractivity contribution in [3.05, 3.63) is 87.9 Å². The Balaban J connectivity index is 1.60. The largest absolute Gasteiger partial charge is 0.352 e. The van der Waals surface area contributed by atoms with Crippen molar-refractivity contribution in [1.82, 2.24) is 15.3 Å². The van der Waals surface area contributed by atoms with E-state index in [1.807, 2.05) is 6.07 Å². The topological polar surface area (TPSA) is 95.4 Å². The molecule has 3 aromatic rings. The summed E-state index contributed by atoms with van der Waals surface area (Å²) in [6, 6.07) is 11.8. The minimum atomic E-state index is -2.24. The van der Waals surface area contributed by atoms with Gasteiger partial charge >= 0.3 is 0 Å². The fourth-order valence-corrected chi connectivity index (χ4v) is 3.87. The molecular weight excluding hydrogens is 459 g/mol. The third kappa shape index (κ3) is 6.48. The van der Waals surface area contributed by atoms with Gasteiger partial charge in [0, 0.05) is 43.7 Å². The first-order valence-corrected chi connectivity index (χ1v) is 11.2. The summed E-state index contributed by atoms with van der Waals surface area (Å²) in [7, 11) is 0. The summed E-state index contributed by atoms with van der Waals surface area (Å²) in [5.74, 6) is -0.238. The van der Waals surface area contributed by atoms with Crippen molar-refractivity contribution >= 4 is 46.1 Å². The minimum Gasteiger partial charge on any atom is -0.352 e. The number of hydrogen-bond donors (Lipinski definition) is 2. The van der Waals surface area contributed by atoms with Gasteiger partial charge in [-0.1, -0.05) is 35.3 Å². The van der Waals surface area contributed by atoms with Crippen molar-refractivity contribution in [1.29, 1.82) is 0 Å². The van der Waals surface area contributed by atoms with Crippen LogP contribution < -0.4 is 9.62 Å². The first-order valence-electron chi connectivity index (χ1n) is 9.40. The lowest BCUT2D eigenvalue weighted by atomic mass is 10.1. The first kappa shape index (κ1) is 23.1. The van der Waals surface area contributed by atoms with Crippen LogP contribution in [-0.4, -0.2) is 37.7 Å². The third-order valence-corrected chi connectivity index (χ3v) is 6.13. The molecule has 10 heteroatoms. The van der Waals surface area contributed by atoms with Crippen LogP contribution in [0.4, 0.5) is 5.69 Å². The molecule has 0 aliphatic carbocycles. The van der Waals surface area contributed by atoms with E-state index in [1.165, 1.54) is 4.31 Å². The molecule has 1 aromatic heterocycles. The monoisotopic (exact) mass is 478 g/mol. The minimum absolute atomic E-state index is 0.238. The van der Waals surface area contributed by atoms with E-state index in [0.717, 1.165) is 11.3 Å². The maximum absolute atomic E-state index is 12.3. The van der Waals surface area contributed by atoms with Crippen LogP contribution >= 0.6 is 23.2 Å². The average molecular weight is 479 g/mol. The molecule has 0 saturated carbocycles. The van der Waals surface area contributed by atoms with Crippen molar-refractivity contribution < 1.29 is 13.6 Å². The number of aromatic nitrogens is 2. The van der Waals surface area contributed by atoms with Crippen LogP contribution in [0, 0.1) is 0 Å². The number of anilines is 1. The van der Waals surface area contributed by atoms with Crippen molar-refractivity contribution in [2.24, 2.45) is 0 Å². The van der Waals surface area contributed by atoms with Crippen molar-refractivity contribution in [3.8, 4) is 0 Å². The van der Waals surface area contributed by atoms with Crippen molar-refractivity contribution in [3.63, 3.8) is 0 Å². The van der Waals surface area contributed by atoms with E-state index in [1.54, 1.807) is 55.0 Å². The molecule has 162 valence electrons. The van der Waals surface area contributed by atoms with E-state index in [9.17, 15) is 13.6 Å². The molecule has 2 aromatic carbocycles. The molecule has 2 N–H and O–H groups in total. The van der Waals surface area contributed by atoms with Crippen LogP contribution in [0.3, 0.4) is 0 Å². The van der Waals surface area contributed by atoms with Crippen LogP contribution in [0.1, 0.15) is 21.6 Å². The molecule has 1 amide bonds. The van der Waals surface area contributed by atoms with E-state index in [-0.39, 0.29) is 12.5 Å². The van der Waals surface area contributed by atoms with Gasteiger partial charge < -0.3 is 5.32 Å². The smallest absolute Gasteiger partial charge is 0.261 e. The molecule has 1 unspecified atom stereocenters. The van der Waals surface area contributed by atoms with Gasteiger partial charge in [-0.2, -0.15) is 0 Å². The number of carbonyl (C=O) groups excluding carboxylic acids is 1. The van der Waals surface area contributed by atoms with Gasteiger partial charge in [0.15, 0.2) is 0 Å². The van der Waals surface area contributed by atoms with Gasteiger partial charge in [0.05, 0.1) is 21.4 Å². The van der Waals surface area contributed by atoms with Crippen LogP contribution in [0.15, 0.2) is 61.1 Å². The molecule has 0 saturated heterocycles. The molecule has 7 nitrogen and oxygen atoms in total. The second kappa shape index (κ2) is 11.2. The molecule has 0 spiro atoms. The van der Waals surface area contributed by atoms with Crippen molar-refractivity contribution in [2.75, 3.05) is 17.4 Å². The molecular formula is C21H20Cl2N4O3S.